The van der Waals surface area contributed by atoms with Crippen LogP contribution in [0.15, 0.2) is 18.2 Å². The van der Waals surface area contributed by atoms with Crippen LogP contribution in [0, 0.1) is 23.0 Å². The number of hydrogen-bond acceptors (Lipinski definition) is 11. The number of thiophene rings is 1. The van der Waals surface area contributed by atoms with Gasteiger partial charge in [-0.25, -0.2) is 27.2 Å². The van der Waals surface area contributed by atoms with E-state index in [1.54, 1.807) is 48.5 Å². The van der Waals surface area contributed by atoms with E-state index in [2.05, 4.69) is 25.5 Å². The number of nitriles is 1. The Hall–Kier alpha value is -4.66. The van der Waals surface area contributed by atoms with Gasteiger partial charge in [-0.05, 0) is 92.0 Å². The van der Waals surface area contributed by atoms with Crippen LogP contribution in [0.5, 0.6) is 6.01 Å². The highest BCUT2D eigenvalue weighted by molar-refractivity contribution is 7.23. The molecule has 3 fully saturated rings. The van der Waals surface area contributed by atoms with Crippen molar-refractivity contribution in [2.45, 2.75) is 116 Å². The largest absolute Gasteiger partial charge is 0.467 e. The van der Waals surface area contributed by atoms with E-state index in [4.69, 9.17) is 25.8 Å². The fraction of sp³-hybridized carbons (Fsp3) is 0.537. The number of methoxy groups -OCH3 is 1. The summed E-state index contributed by atoms with van der Waals surface area (Å²) >= 11 is 7.53. The monoisotopic (exact) mass is 861 g/mol. The number of carbonyl (C=O) groups is 2. The molecule has 5 atom stereocenters. The van der Waals surface area contributed by atoms with Crippen molar-refractivity contribution in [1.29, 1.82) is 5.26 Å². The Kier molecular flexibility index (Phi) is 12.8. The number of fused-ring (bicyclic) bond motifs is 3. The fourth-order valence-electron chi connectivity index (χ4n) is 7.75. The van der Waals surface area contributed by atoms with Crippen molar-refractivity contribution in [3.8, 4) is 23.2 Å². The van der Waals surface area contributed by atoms with Gasteiger partial charge in [-0.15, -0.1) is 11.3 Å². The van der Waals surface area contributed by atoms with E-state index >= 15 is 8.78 Å². The summed E-state index contributed by atoms with van der Waals surface area (Å²) in [6.45, 7) is 13.6. The molecule has 3 saturated heterocycles. The van der Waals surface area contributed by atoms with E-state index in [1.165, 1.54) is 37.0 Å². The number of nitrogens with one attached hydrogen (secondary N) is 2. The number of hydrogen-bond donors (Lipinski definition) is 2. The topological polar surface area (TPSA) is 142 Å². The number of alkyl halides is 2. The van der Waals surface area contributed by atoms with E-state index < -0.39 is 59.5 Å². The van der Waals surface area contributed by atoms with Crippen LogP contribution in [-0.2, 0) is 9.47 Å². The first kappa shape index (κ1) is 43.9. The number of rotatable bonds is 6. The van der Waals surface area contributed by atoms with E-state index in [0.29, 0.717) is 12.6 Å². The van der Waals surface area contributed by atoms with Crippen molar-refractivity contribution in [2.75, 3.05) is 37.4 Å². The summed E-state index contributed by atoms with van der Waals surface area (Å²) in [6, 6.07) is 4.82. The smallest absolute Gasteiger partial charge is 0.412 e. The zero-order valence-corrected chi connectivity index (χ0v) is 35.7. The molecule has 18 heteroatoms. The zero-order valence-electron chi connectivity index (χ0n) is 34.1. The second kappa shape index (κ2) is 17.1. The van der Waals surface area contributed by atoms with E-state index in [0.717, 1.165) is 30.4 Å². The SMILES string of the molecule is COc1nc(NCC2CC(F)C(C)N2C(=O)OC(C)(C)C)c2cc(Cl)c(-c3ccc(F)c4sc(NC(=O)OC(C)(C)C)c(C#N)c34)c(F)c2n1.FC1CC2CCCN2C1. The van der Waals surface area contributed by atoms with Crippen molar-refractivity contribution in [2.24, 2.45) is 0 Å². The molecule has 2 N–H and O–H groups in total. The lowest BCUT2D eigenvalue weighted by molar-refractivity contribution is 0.0148. The summed E-state index contributed by atoms with van der Waals surface area (Å²) in [6.07, 6.45) is 0.0156. The first-order valence-corrected chi connectivity index (χ1v) is 20.6. The maximum Gasteiger partial charge on any atom is 0.412 e. The minimum Gasteiger partial charge on any atom is -0.467 e. The molecule has 12 nitrogen and oxygen atoms in total. The van der Waals surface area contributed by atoms with Crippen molar-refractivity contribution < 1.29 is 41.4 Å². The molecule has 4 aromatic rings. The van der Waals surface area contributed by atoms with Crippen LogP contribution < -0.4 is 15.4 Å². The normalized spacial score (nSPS) is 21.8. The van der Waals surface area contributed by atoms with Crippen LogP contribution in [0.25, 0.3) is 32.1 Å². The zero-order chi connectivity index (χ0) is 43.1. The third kappa shape index (κ3) is 9.55. The number of benzene rings is 2. The summed E-state index contributed by atoms with van der Waals surface area (Å²) in [5.74, 6) is -1.53. The molecule has 3 aliphatic heterocycles. The molecule has 0 saturated carbocycles. The van der Waals surface area contributed by atoms with Gasteiger partial charge < -0.3 is 19.5 Å². The Labute approximate surface area is 349 Å². The van der Waals surface area contributed by atoms with E-state index in [-0.39, 0.29) is 72.5 Å². The highest BCUT2D eigenvalue weighted by Gasteiger charge is 2.43. The van der Waals surface area contributed by atoms with Gasteiger partial charge in [0.1, 0.15) is 51.8 Å². The van der Waals surface area contributed by atoms with Crippen LogP contribution in [0.1, 0.15) is 79.7 Å². The minimum absolute atomic E-state index is 0.00748. The number of anilines is 2. The third-order valence-electron chi connectivity index (χ3n) is 10.3. The minimum atomic E-state index is -1.30. The van der Waals surface area contributed by atoms with Crippen molar-refractivity contribution in [3.63, 3.8) is 0 Å². The molecule has 2 aromatic heterocycles. The molecule has 3 aliphatic rings. The fourth-order valence-corrected chi connectivity index (χ4v) is 9.11. The molecule has 7 rings (SSSR count). The summed E-state index contributed by atoms with van der Waals surface area (Å²) < 4.78 is 75.4. The van der Waals surface area contributed by atoms with Gasteiger partial charge in [-0.1, -0.05) is 17.7 Å². The Morgan fingerprint density at radius 1 is 1.08 bits per heavy atom. The molecular weight excluding hydrogens is 814 g/mol. The number of ether oxygens (including phenoxy) is 3. The quantitative estimate of drug-likeness (QED) is 0.180. The predicted molar refractivity (Wildman–Crippen MR) is 220 cm³/mol. The maximum absolute atomic E-state index is 16.7. The third-order valence-corrected chi connectivity index (χ3v) is 11.7. The van der Waals surface area contributed by atoms with Crippen LogP contribution in [-0.4, -0.2) is 100 Å². The van der Waals surface area contributed by atoms with Crippen LogP contribution in [0.4, 0.5) is 38.0 Å². The summed E-state index contributed by atoms with van der Waals surface area (Å²) in [4.78, 5) is 37.7. The molecule has 5 heterocycles. The standard InChI is InChI=1S/C34H36ClF3N6O5S.C7H12FN/c1-15-22(37)11-16(44(15)32(46)49-34(5,6)7)14-40-28-18-12-20(35)24(25(38)26(18)41-30(42-28)47-8)17-9-10-21(36)27-23(17)19(13-39)29(50-27)43-31(45)48-33(2,3)4;8-6-4-7-2-1-3-9(7)5-6/h9-10,12,15-16,22H,11,14H2,1-8H3,(H,43,45)(H,40,41,42);6-7H,1-5H2. The highest BCUT2D eigenvalue weighted by atomic mass is 35.5. The molecule has 318 valence electrons. The van der Waals surface area contributed by atoms with Crippen molar-refractivity contribution in [3.05, 3.63) is 40.4 Å². The van der Waals surface area contributed by atoms with Crippen LogP contribution in [0.2, 0.25) is 5.02 Å². The van der Waals surface area contributed by atoms with Crippen molar-refractivity contribution >= 4 is 66.9 Å². The number of nitrogens with zero attached hydrogens (tertiary/aromatic N) is 5. The van der Waals surface area contributed by atoms with Crippen LogP contribution in [0.3, 0.4) is 0 Å². The number of amides is 2. The maximum atomic E-state index is 16.7. The lowest BCUT2D eigenvalue weighted by Crippen LogP contribution is -2.46. The van der Waals surface area contributed by atoms with Gasteiger partial charge in [0.05, 0.1) is 34.5 Å². The molecule has 0 radical (unpaired) electrons. The van der Waals surface area contributed by atoms with Gasteiger partial charge in [0.25, 0.3) is 0 Å². The number of likely N-dealkylation sites (tertiary alicyclic amines) is 1. The van der Waals surface area contributed by atoms with E-state index in [9.17, 15) is 23.6 Å². The van der Waals surface area contributed by atoms with Gasteiger partial charge >= 0.3 is 18.2 Å². The molecule has 2 aromatic carbocycles. The molecule has 0 aliphatic carbocycles. The number of halogens is 5. The predicted octanol–water partition coefficient (Wildman–Crippen LogP) is 10.0. The average Bonchev–Trinajstić information content (AvgIpc) is 3.89. The Morgan fingerprint density at radius 3 is 2.44 bits per heavy atom. The van der Waals surface area contributed by atoms with Gasteiger partial charge in [0, 0.05) is 41.9 Å². The van der Waals surface area contributed by atoms with Crippen molar-refractivity contribution in [1.82, 2.24) is 19.8 Å². The molecule has 5 unspecified atom stereocenters. The highest BCUT2D eigenvalue weighted by Crippen LogP contribution is 2.46. The second-order valence-corrected chi connectivity index (χ2v) is 18.3. The first-order chi connectivity index (χ1) is 27.7. The first-order valence-electron chi connectivity index (χ1n) is 19.4. The number of carbonyl (C=O) groups excluding carboxylic acids is 2. The molecule has 0 bridgehead atoms. The Bertz CT molecular complexity index is 2280. The lowest BCUT2D eigenvalue weighted by Gasteiger charge is -2.31. The summed E-state index contributed by atoms with van der Waals surface area (Å²) in [7, 11) is 1.30. The van der Waals surface area contributed by atoms with E-state index in [1.807, 2.05) is 6.07 Å². The van der Waals surface area contributed by atoms with Gasteiger partial charge in [-0.3, -0.25) is 15.1 Å². The van der Waals surface area contributed by atoms with Gasteiger partial charge in [0.2, 0.25) is 0 Å². The second-order valence-electron chi connectivity index (χ2n) is 16.9. The lowest BCUT2D eigenvalue weighted by atomic mass is 9.97. The summed E-state index contributed by atoms with van der Waals surface area (Å²) in [5.41, 5.74) is -2.08. The summed E-state index contributed by atoms with van der Waals surface area (Å²) in [5, 5.41) is 15.8. The molecule has 0 spiro atoms. The Morgan fingerprint density at radius 2 is 1.80 bits per heavy atom. The number of aromatic nitrogens is 2. The van der Waals surface area contributed by atoms with Crippen LogP contribution >= 0.6 is 22.9 Å². The molecule has 59 heavy (non-hydrogen) atoms. The Balaban J connectivity index is 0.000000567. The molecular formula is C41H48ClF4N7O5S. The molecule has 2 amide bonds. The van der Waals surface area contributed by atoms with Gasteiger partial charge in [-0.2, -0.15) is 15.2 Å². The van der Waals surface area contributed by atoms with Gasteiger partial charge in [0.15, 0.2) is 5.82 Å². The average molecular weight is 862 g/mol.